The normalized spacial score (nSPS) is 11.8. The number of hydrogen-bond acceptors (Lipinski definition) is 3. The Morgan fingerprint density at radius 2 is 1.84 bits per heavy atom. The van der Waals surface area contributed by atoms with E-state index in [1.54, 1.807) is 0 Å². The van der Waals surface area contributed by atoms with Crippen LogP contribution >= 0.6 is 0 Å². The molecule has 0 bridgehead atoms. The van der Waals surface area contributed by atoms with Crippen molar-refractivity contribution in [2.45, 2.75) is 44.6 Å². The van der Waals surface area contributed by atoms with Crippen LogP contribution in [0.25, 0.3) is 0 Å². The Morgan fingerprint density at radius 1 is 1.11 bits per heavy atom. The Hall–Kier alpha value is -0.823. The standard InChI is InChI=1S/C13H20F2O3Si/c14-11-7-6-10(12(15)9-11)5-3-1-2-4-8-19-18-13(16)17/h6-7,9,13,16-17H,1-5,8,19H2. The first-order chi connectivity index (χ1) is 9.09. The highest BCUT2D eigenvalue weighted by molar-refractivity contribution is 6.26. The summed E-state index contributed by atoms with van der Waals surface area (Å²) in [5.74, 6) is -1.02. The van der Waals surface area contributed by atoms with Crippen LogP contribution in [0.2, 0.25) is 6.04 Å². The Bertz CT molecular complexity index is 375. The van der Waals surface area contributed by atoms with E-state index < -0.39 is 27.9 Å². The van der Waals surface area contributed by atoms with Crippen molar-refractivity contribution in [3.05, 3.63) is 35.4 Å². The van der Waals surface area contributed by atoms with Crippen LogP contribution in [0.4, 0.5) is 8.78 Å². The van der Waals surface area contributed by atoms with Gasteiger partial charge in [0.15, 0.2) is 9.76 Å². The molecule has 0 unspecified atom stereocenters. The molecule has 1 aromatic rings. The molecule has 0 amide bonds. The van der Waals surface area contributed by atoms with E-state index in [-0.39, 0.29) is 0 Å². The number of rotatable bonds is 9. The number of aryl methyl sites for hydroxylation is 1. The number of aliphatic hydroxyl groups excluding tert-OH is 1. The van der Waals surface area contributed by atoms with Gasteiger partial charge in [0.1, 0.15) is 11.6 Å². The summed E-state index contributed by atoms with van der Waals surface area (Å²) in [5, 5.41) is 16.9. The average Bonchev–Trinajstić information content (AvgIpc) is 2.34. The van der Waals surface area contributed by atoms with Crippen LogP contribution in [-0.2, 0) is 10.8 Å². The summed E-state index contributed by atoms with van der Waals surface area (Å²) in [4.78, 5) is 0. The zero-order valence-corrected chi connectivity index (χ0v) is 12.2. The minimum Gasteiger partial charge on any atom is -0.379 e. The van der Waals surface area contributed by atoms with E-state index in [0.717, 1.165) is 37.8 Å². The van der Waals surface area contributed by atoms with E-state index in [1.807, 2.05) is 0 Å². The number of hydrogen-bond donors (Lipinski definition) is 2. The summed E-state index contributed by atoms with van der Waals surface area (Å²) in [6.45, 7) is -1.63. The lowest BCUT2D eigenvalue weighted by Crippen LogP contribution is -2.12. The van der Waals surface area contributed by atoms with Crippen molar-refractivity contribution < 1.29 is 23.4 Å². The van der Waals surface area contributed by atoms with E-state index in [0.29, 0.717) is 12.0 Å². The quantitative estimate of drug-likeness (QED) is 0.414. The molecule has 0 aliphatic rings. The summed E-state index contributed by atoms with van der Waals surface area (Å²) in [6, 6.07) is 4.59. The lowest BCUT2D eigenvalue weighted by molar-refractivity contribution is -0.180. The molecule has 0 aliphatic heterocycles. The van der Waals surface area contributed by atoms with Crippen molar-refractivity contribution in [2.24, 2.45) is 0 Å². The van der Waals surface area contributed by atoms with Gasteiger partial charge in [-0.2, -0.15) is 0 Å². The average molecular weight is 290 g/mol. The number of halogens is 2. The van der Waals surface area contributed by atoms with Gasteiger partial charge in [-0.15, -0.1) is 0 Å². The topological polar surface area (TPSA) is 49.7 Å². The summed E-state index contributed by atoms with van der Waals surface area (Å²) >= 11 is 0. The highest BCUT2D eigenvalue weighted by atomic mass is 28.2. The summed E-state index contributed by atoms with van der Waals surface area (Å²) in [6.07, 6.45) is 4.47. The molecule has 0 aliphatic carbocycles. The summed E-state index contributed by atoms with van der Waals surface area (Å²) in [5.41, 5.74) is 0.558. The predicted octanol–water partition coefficient (Wildman–Crippen LogP) is 1.85. The van der Waals surface area contributed by atoms with Crippen LogP contribution in [0.3, 0.4) is 0 Å². The zero-order valence-electron chi connectivity index (χ0n) is 10.8. The smallest absolute Gasteiger partial charge is 0.256 e. The molecule has 1 aromatic carbocycles. The molecule has 2 N–H and O–H groups in total. The lowest BCUT2D eigenvalue weighted by atomic mass is 10.1. The van der Waals surface area contributed by atoms with E-state index in [4.69, 9.17) is 14.6 Å². The van der Waals surface area contributed by atoms with E-state index in [2.05, 4.69) is 0 Å². The molecule has 0 spiro atoms. The number of unbranched alkanes of at least 4 members (excludes halogenated alkanes) is 3. The first-order valence-corrected chi connectivity index (χ1v) is 8.09. The Labute approximate surface area is 114 Å². The van der Waals surface area contributed by atoms with E-state index >= 15 is 0 Å². The van der Waals surface area contributed by atoms with Gasteiger partial charge < -0.3 is 14.6 Å². The van der Waals surface area contributed by atoms with Crippen LogP contribution in [0, 0.1) is 11.6 Å². The van der Waals surface area contributed by atoms with Gasteiger partial charge in [0, 0.05) is 6.07 Å². The third-order valence-corrected chi connectivity index (χ3v) is 4.20. The third kappa shape index (κ3) is 7.37. The minimum absolute atomic E-state index is 0.474. The molecule has 0 saturated carbocycles. The van der Waals surface area contributed by atoms with E-state index in [9.17, 15) is 8.78 Å². The highest BCUT2D eigenvalue weighted by Crippen LogP contribution is 2.14. The van der Waals surface area contributed by atoms with Crippen LogP contribution in [-0.4, -0.2) is 26.5 Å². The number of benzene rings is 1. The van der Waals surface area contributed by atoms with Gasteiger partial charge in [-0.05, 0) is 30.5 Å². The Kier molecular flexibility index (Phi) is 7.81. The van der Waals surface area contributed by atoms with Crippen molar-refractivity contribution in [3.63, 3.8) is 0 Å². The van der Waals surface area contributed by atoms with Crippen molar-refractivity contribution in [3.8, 4) is 0 Å². The highest BCUT2D eigenvalue weighted by Gasteiger charge is 2.03. The molecule has 1 rings (SSSR count). The summed E-state index contributed by atoms with van der Waals surface area (Å²) < 4.78 is 30.7. The second-order valence-corrected chi connectivity index (χ2v) is 5.90. The van der Waals surface area contributed by atoms with Gasteiger partial charge in [0.25, 0.3) is 6.48 Å². The fraction of sp³-hybridized carbons (Fsp3) is 0.538. The van der Waals surface area contributed by atoms with Gasteiger partial charge in [0.05, 0.1) is 0 Å². The van der Waals surface area contributed by atoms with Crippen molar-refractivity contribution in [1.29, 1.82) is 0 Å². The fourth-order valence-electron chi connectivity index (χ4n) is 1.86. The van der Waals surface area contributed by atoms with Gasteiger partial charge in [-0.25, -0.2) is 8.78 Å². The van der Waals surface area contributed by atoms with Gasteiger partial charge >= 0.3 is 0 Å². The molecule has 0 atom stereocenters. The number of aliphatic hydroxyl groups is 2. The van der Waals surface area contributed by atoms with Crippen LogP contribution < -0.4 is 0 Å². The van der Waals surface area contributed by atoms with Crippen molar-refractivity contribution in [2.75, 3.05) is 0 Å². The van der Waals surface area contributed by atoms with Crippen LogP contribution in [0.15, 0.2) is 18.2 Å². The monoisotopic (exact) mass is 290 g/mol. The third-order valence-electron chi connectivity index (χ3n) is 2.87. The van der Waals surface area contributed by atoms with Gasteiger partial charge in [0.2, 0.25) is 0 Å². The summed E-state index contributed by atoms with van der Waals surface area (Å²) in [7, 11) is -0.834. The molecule has 3 nitrogen and oxygen atoms in total. The largest absolute Gasteiger partial charge is 0.379 e. The van der Waals surface area contributed by atoms with Crippen molar-refractivity contribution in [1.82, 2.24) is 0 Å². The molecule has 6 heteroatoms. The molecule has 0 radical (unpaired) electrons. The molecular weight excluding hydrogens is 270 g/mol. The van der Waals surface area contributed by atoms with Gasteiger partial charge in [-0.1, -0.05) is 25.3 Å². The Balaban J connectivity index is 2.04. The first kappa shape index (κ1) is 16.2. The van der Waals surface area contributed by atoms with Crippen LogP contribution in [0.5, 0.6) is 0 Å². The van der Waals surface area contributed by atoms with Gasteiger partial charge in [-0.3, -0.25) is 0 Å². The molecular formula is C13H20F2O3Si. The lowest BCUT2D eigenvalue weighted by Gasteiger charge is -2.05. The second-order valence-electron chi connectivity index (χ2n) is 4.45. The maximum absolute atomic E-state index is 13.3. The molecule has 0 heterocycles. The zero-order chi connectivity index (χ0) is 14.1. The minimum atomic E-state index is -1.63. The molecule has 108 valence electrons. The second kappa shape index (κ2) is 9.14. The molecule has 19 heavy (non-hydrogen) atoms. The van der Waals surface area contributed by atoms with Crippen LogP contribution in [0.1, 0.15) is 31.2 Å². The predicted molar refractivity (Wildman–Crippen MR) is 71.2 cm³/mol. The maximum atomic E-state index is 13.3. The molecule has 0 fully saturated rings. The maximum Gasteiger partial charge on any atom is 0.256 e. The SMILES string of the molecule is OC(O)O[SiH2]CCCCCCc1ccc(F)cc1F. The fourth-order valence-corrected chi connectivity index (χ4v) is 2.80. The first-order valence-electron chi connectivity index (χ1n) is 6.51. The van der Waals surface area contributed by atoms with E-state index in [1.165, 1.54) is 12.1 Å². The molecule has 0 saturated heterocycles. The Morgan fingerprint density at radius 3 is 2.53 bits per heavy atom. The van der Waals surface area contributed by atoms with Crippen molar-refractivity contribution >= 4 is 9.76 Å². The molecule has 0 aromatic heterocycles.